The van der Waals surface area contributed by atoms with Crippen molar-refractivity contribution in [3.8, 4) is 11.1 Å². The first-order valence-electron chi connectivity index (χ1n) is 18.7. The van der Waals surface area contributed by atoms with Crippen LogP contribution in [0.5, 0.6) is 0 Å². The Hall–Kier alpha value is -4.58. The van der Waals surface area contributed by atoms with Crippen molar-refractivity contribution in [1.82, 2.24) is 9.55 Å². The van der Waals surface area contributed by atoms with E-state index in [1.807, 2.05) is 18.2 Å². The van der Waals surface area contributed by atoms with E-state index in [-0.39, 0.29) is 5.41 Å². The smallest absolute Gasteiger partial charge is 0.336 e. The fraction of sp³-hybridized carbons (Fsp3) is 0.409. The number of carboxylic acids is 1. The molecule has 4 aromatic carbocycles. The number of rotatable bonds is 18. The first-order chi connectivity index (χ1) is 24.2. The number of anilines is 2. The minimum atomic E-state index is -0.886. The maximum atomic E-state index is 12.5. The molecule has 1 aromatic heterocycles. The molecule has 0 bridgehead atoms. The number of aromatic nitrogens is 2. The van der Waals surface area contributed by atoms with Gasteiger partial charge in [-0.15, -0.1) is 0 Å². The molecule has 0 unspecified atom stereocenters. The fourth-order valence-electron chi connectivity index (χ4n) is 6.82. The monoisotopic (exact) mass is 672 g/mol. The molecule has 1 heterocycles. The van der Waals surface area contributed by atoms with Gasteiger partial charge in [-0.3, -0.25) is 0 Å². The Balaban J connectivity index is 1.39. The second kappa shape index (κ2) is 17.4. The van der Waals surface area contributed by atoms with Crippen LogP contribution in [-0.2, 0) is 18.4 Å². The Morgan fingerprint density at radius 1 is 0.820 bits per heavy atom. The summed E-state index contributed by atoms with van der Waals surface area (Å²) < 4.78 is 2.40. The molecule has 0 aliphatic carbocycles. The van der Waals surface area contributed by atoms with Gasteiger partial charge in [-0.25, -0.2) is 9.78 Å². The highest BCUT2D eigenvalue weighted by atomic mass is 16.4. The summed E-state index contributed by atoms with van der Waals surface area (Å²) in [5, 5.41) is 13.8. The maximum absolute atomic E-state index is 12.5. The Kier molecular flexibility index (Phi) is 12.8. The standard InChI is InChI=1S/C44H56N4O2/c1-6-8-14-29-47(30-15-13-28-45-35-17-11-10-12-18-35)36-26-27-39-40(31-36)48(41(46-39)21-9-7-2)32-33-22-24-34(25-23-33)37-19-16-20-38(44(3,4)5)42(37)43(49)50/h10-12,16-20,22-27,31,45H,6-9,13-15,21,28-30,32H2,1-5H3,(H,49,50). The van der Waals surface area contributed by atoms with Crippen molar-refractivity contribution in [3.63, 3.8) is 0 Å². The second-order valence-electron chi connectivity index (χ2n) is 14.6. The first-order valence-corrected chi connectivity index (χ1v) is 18.7. The SMILES string of the molecule is CCCCCN(CCCCNc1ccccc1)c1ccc2nc(CCCC)n(Cc3ccc(-c4cccc(C(C)(C)C)c4C(=O)O)cc3)c2c1. The molecule has 0 aliphatic heterocycles. The van der Waals surface area contributed by atoms with E-state index in [4.69, 9.17) is 4.98 Å². The molecule has 0 radical (unpaired) electrons. The number of carboxylic acid groups (broad SMARTS) is 1. The lowest BCUT2D eigenvalue weighted by Gasteiger charge is -2.25. The summed E-state index contributed by atoms with van der Waals surface area (Å²) in [6.07, 6.45) is 9.02. The number of nitrogens with zero attached hydrogens (tertiary/aromatic N) is 3. The molecule has 0 amide bonds. The Morgan fingerprint density at radius 3 is 2.22 bits per heavy atom. The van der Waals surface area contributed by atoms with Crippen LogP contribution in [0.2, 0.25) is 0 Å². The van der Waals surface area contributed by atoms with Crippen LogP contribution in [0.4, 0.5) is 11.4 Å². The summed E-state index contributed by atoms with van der Waals surface area (Å²) in [6.45, 7) is 14.5. The lowest BCUT2D eigenvalue weighted by molar-refractivity contribution is 0.0695. The van der Waals surface area contributed by atoms with Gasteiger partial charge in [0.05, 0.1) is 16.6 Å². The summed E-state index contributed by atoms with van der Waals surface area (Å²) in [5.74, 6) is 0.238. The van der Waals surface area contributed by atoms with Gasteiger partial charge in [-0.2, -0.15) is 0 Å². The number of aryl methyl sites for hydroxylation is 1. The third-order valence-electron chi connectivity index (χ3n) is 9.61. The average molecular weight is 673 g/mol. The van der Waals surface area contributed by atoms with Crippen LogP contribution in [0.3, 0.4) is 0 Å². The van der Waals surface area contributed by atoms with Crippen molar-refractivity contribution >= 4 is 28.4 Å². The van der Waals surface area contributed by atoms with Gasteiger partial charge >= 0.3 is 5.97 Å². The summed E-state index contributed by atoms with van der Waals surface area (Å²) in [4.78, 5) is 20.2. The van der Waals surface area contributed by atoms with Crippen LogP contribution in [-0.4, -0.2) is 40.3 Å². The van der Waals surface area contributed by atoms with Gasteiger partial charge in [0.25, 0.3) is 0 Å². The third kappa shape index (κ3) is 9.35. The number of aromatic carboxylic acids is 1. The van der Waals surface area contributed by atoms with Crippen LogP contribution in [0.25, 0.3) is 22.2 Å². The molecule has 6 heteroatoms. The topological polar surface area (TPSA) is 70.4 Å². The number of fused-ring (bicyclic) bond motifs is 1. The van der Waals surface area contributed by atoms with Crippen molar-refractivity contribution in [3.05, 3.63) is 114 Å². The second-order valence-corrected chi connectivity index (χ2v) is 14.6. The Morgan fingerprint density at radius 2 is 1.54 bits per heavy atom. The highest BCUT2D eigenvalue weighted by molar-refractivity contribution is 5.98. The number of para-hydroxylation sites is 1. The molecule has 50 heavy (non-hydrogen) atoms. The minimum Gasteiger partial charge on any atom is -0.478 e. The van der Waals surface area contributed by atoms with E-state index in [1.54, 1.807) is 0 Å². The summed E-state index contributed by atoms with van der Waals surface area (Å²) in [7, 11) is 0. The molecule has 5 aromatic rings. The van der Waals surface area contributed by atoms with E-state index >= 15 is 0 Å². The molecular weight excluding hydrogens is 617 g/mol. The zero-order chi connectivity index (χ0) is 35.5. The largest absolute Gasteiger partial charge is 0.478 e. The van der Waals surface area contributed by atoms with Crippen molar-refractivity contribution in [2.75, 3.05) is 29.9 Å². The van der Waals surface area contributed by atoms with Crippen LogP contribution in [0.1, 0.15) is 107 Å². The van der Waals surface area contributed by atoms with Crippen LogP contribution in [0.15, 0.2) is 91.0 Å². The van der Waals surface area contributed by atoms with Gasteiger partial charge < -0.3 is 19.9 Å². The van der Waals surface area contributed by atoms with Crippen molar-refractivity contribution in [2.45, 2.75) is 97.9 Å². The molecule has 5 rings (SSSR count). The molecule has 0 fully saturated rings. The van der Waals surface area contributed by atoms with Gasteiger partial charge in [0.2, 0.25) is 0 Å². The van der Waals surface area contributed by atoms with Crippen molar-refractivity contribution < 1.29 is 9.90 Å². The molecular formula is C44H56N4O2. The molecule has 264 valence electrons. The van der Waals surface area contributed by atoms with Gasteiger partial charge in [-0.1, -0.05) is 115 Å². The van der Waals surface area contributed by atoms with Crippen LogP contribution < -0.4 is 10.2 Å². The predicted molar refractivity (Wildman–Crippen MR) is 211 cm³/mol. The summed E-state index contributed by atoms with van der Waals surface area (Å²) >= 11 is 0. The predicted octanol–water partition coefficient (Wildman–Crippen LogP) is 11.0. The maximum Gasteiger partial charge on any atom is 0.336 e. The first kappa shape index (κ1) is 36.7. The van der Waals surface area contributed by atoms with E-state index in [1.165, 1.54) is 41.7 Å². The molecule has 0 atom stereocenters. The highest BCUT2D eigenvalue weighted by Crippen LogP contribution is 2.34. The van der Waals surface area contributed by atoms with Gasteiger partial charge in [0.1, 0.15) is 5.82 Å². The zero-order valence-corrected chi connectivity index (χ0v) is 30.8. The molecule has 0 saturated heterocycles. The average Bonchev–Trinajstić information content (AvgIpc) is 3.45. The fourth-order valence-corrected chi connectivity index (χ4v) is 6.82. The Bertz CT molecular complexity index is 1820. The van der Waals surface area contributed by atoms with Gasteiger partial charge in [0.15, 0.2) is 0 Å². The number of imidazole rings is 1. The lowest BCUT2D eigenvalue weighted by Crippen LogP contribution is -2.26. The van der Waals surface area contributed by atoms with E-state index in [2.05, 4.69) is 122 Å². The third-order valence-corrected chi connectivity index (χ3v) is 9.61. The number of unbranched alkanes of at least 4 members (excludes halogenated alkanes) is 4. The highest BCUT2D eigenvalue weighted by Gasteiger charge is 2.24. The number of benzene rings is 4. The molecule has 0 saturated carbocycles. The number of nitrogens with one attached hydrogen (secondary N) is 1. The number of hydrogen-bond acceptors (Lipinski definition) is 4. The van der Waals surface area contributed by atoms with E-state index in [0.29, 0.717) is 12.1 Å². The molecule has 0 aliphatic rings. The molecule has 6 nitrogen and oxygen atoms in total. The molecule has 0 spiro atoms. The summed E-state index contributed by atoms with van der Waals surface area (Å²) in [5.41, 5.74) is 8.48. The normalized spacial score (nSPS) is 11.6. The van der Waals surface area contributed by atoms with E-state index in [0.717, 1.165) is 79.8 Å². The van der Waals surface area contributed by atoms with Crippen molar-refractivity contribution in [2.24, 2.45) is 0 Å². The van der Waals surface area contributed by atoms with Crippen LogP contribution in [0, 0.1) is 0 Å². The Labute approximate surface area is 299 Å². The van der Waals surface area contributed by atoms with E-state index in [9.17, 15) is 9.90 Å². The number of carbonyl (C=O) groups is 1. The summed E-state index contributed by atoms with van der Waals surface area (Å²) in [6, 6.07) is 31.5. The lowest BCUT2D eigenvalue weighted by atomic mass is 9.81. The minimum absolute atomic E-state index is 0.273. The van der Waals surface area contributed by atoms with Crippen molar-refractivity contribution in [1.29, 1.82) is 0 Å². The van der Waals surface area contributed by atoms with E-state index < -0.39 is 5.97 Å². The van der Waals surface area contributed by atoms with Gasteiger partial charge in [0, 0.05) is 44.0 Å². The van der Waals surface area contributed by atoms with Crippen LogP contribution >= 0.6 is 0 Å². The molecule has 2 N–H and O–H groups in total. The zero-order valence-electron chi connectivity index (χ0n) is 30.8. The quantitative estimate of drug-likeness (QED) is 0.0907. The number of hydrogen-bond donors (Lipinski definition) is 2. The van der Waals surface area contributed by atoms with Gasteiger partial charge in [-0.05, 0) is 83.7 Å².